The Morgan fingerprint density at radius 3 is 2.56 bits per heavy atom. The summed E-state index contributed by atoms with van der Waals surface area (Å²) in [5.41, 5.74) is 0. The van der Waals surface area contributed by atoms with Crippen LogP contribution in [0.5, 0.6) is 0 Å². The second-order valence-electron chi connectivity index (χ2n) is 4.34. The van der Waals surface area contributed by atoms with E-state index >= 15 is 0 Å². The van der Waals surface area contributed by atoms with Crippen molar-refractivity contribution in [2.45, 2.75) is 18.5 Å². The molecule has 2 atom stereocenters. The summed E-state index contributed by atoms with van der Waals surface area (Å²) < 4.78 is 0. The number of rotatable bonds is 2. The topological polar surface area (TPSA) is 107 Å². The lowest BCUT2D eigenvalue weighted by Gasteiger charge is -2.35. The van der Waals surface area contributed by atoms with Gasteiger partial charge in [-0.2, -0.15) is 0 Å². The van der Waals surface area contributed by atoms with Gasteiger partial charge in [0.2, 0.25) is 17.7 Å². The second kappa shape index (κ2) is 4.37. The quantitative estimate of drug-likeness (QED) is 0.534. The molecule has 0 radical (unpaired) electrons. The third kappa shape index (κ3) is 1.94. The lowest BCUT2D eigenvalue weighted by molar-refractivity contribution is -0.149. The molecule has 2 N–H and O–H groups in total. The number of carboxylic acid groups (broad SMARTS) is 1. The highest BCUT2D eigenvalue weighted by Crippen LogP contribution is 2.20. The summed E-state index contributed by atoms with van der Waals surface area (Å²) in [6.45, 7) is -0.246. The fraction of sp³-hybridized carbons (Fsp3) is 0.600. The normalized spacial score (nSPS) is 29.6. The molecule has 0 saturated carbocycles. The zero-order chi connectivity index (χ0) is 13.4. The Balaban J connectivity index is 2.23. The third-order valence-corrected chi connectivity index (χ3v) is 3.26. The van der Waals surface area contributed by atoms with E-state index in [2.05, 4.69) is 5.32 Å². The standard InChI is InChI=1S/C10H13N3O5/c1-12-8(15)2-5(9(12)16)13-4-7(14)11-3-6(13)10(17)18/h5-6H,2-4H2,1H3,(H,11,14)(H,17,18). The van der Waals surface area contributed by atoms with Gasteiger partial charge in [0, 0.05) is 13.6 Å². The molecule has 0 aromatic heterocycles. The van der Waals surface area contributed by atoms with Crippen molar-refractivity contribution in [3.8, 4) is 0 Å². The van der Waals surface area contributed by atoms with E-state index in [4.69, 9.17) is 5.11 Å². The van der Waals surface area contributed by atoms with E-state index in [1.807, 2.05) is 0 Å². The van der Waals surface area contributed by atoms with E-state index in [9.17, 15) is 19.2 Å². The molecule has 8 nitrogen and oxygen atoms in total. The molecule has 0 aromatic rings. The van der Waals surface area contributed by atoms with E-state index in [1.54, 1.807) is 0 Å². The molecule has 98 valence electrons. The number of carbonyl (C=O) groups excluding carboxylic acids is 3. The number of nitrogens with zero attached hydrogens (tertiary/aromatic N) is 2. The largest absolute Gasteiger partial charge is 0.480 e. The Hall–Kier alpha value is -1.96. The van der Waals surface area contributed by atoms with Crippen LogP contribution in [0.3, 0.4) is 0 Å². The van der Waals surface area contributed by atoms with Crippen LogP contribution in [-0.2, 0) is 19.2 Å². The number of hydrogen-bond acceptors (Lipinski definition) is 5. The van der Waals surface area contributed by atoms with Crippen molar-refractivity contribution in [1.82, 2.24) is 15.1 Å². The number of likely N-dealkylation sites (tertiary alicyclic amines) is 1. The number of piperazine rings is 1. The van der Waals surface area contributed by atoms with Crippen molar-refractivity contribution in [2.24, 2.45) is 0 Å². The summed E-state index contributed by atoms with van der Waals surface area (Å²) in [7, 11) is 1.35. The zero-order valence-corrected chi connectivity index (χ0v) is 9.75. The predicted molar refractivity (Wildman–Crippen MR) is 57.3 cm³/mol. The van der Waals surface area contributed by atoms with Crippen LogP contribution in [-0.4, -0.2) is 70.8 Å². The van der Waals surface area contributed by atoms with Gasteiger partial charge in [-0.3, -0.25) is 29.0 Å². The number of hydrogen-bond donors (Lipinski definition) is 2. The number of carbonyl (C=O) groups is 4. The Morgan fingerprint density at radius 1 is 1.39 bits per heavy atom. The minimum Gasteiger partial charge on any atom is -0.480 e. The van der Waals surface area contributed by atoms with Gasteiger partial charge in [0.25, 0.3) is 0 Å². The third-order valence-electron chi connectivity index (χ3n) is 3.26. The van der Waals surface area contributed by atoms with Crippen LogP contribution < -0.4 is 5.32 Å². The Labute approximate surface area is 103 Å². The first-order valence-electron chi connectivity index (χ1n) is 5.47. The summed E-state index contributed by atoms with van der Waals surface area (Å²) in [5.74, 6) is -2.28. The average Bonchev–Trinajstić information content (AvgIpc) is 2.56. The monoisotopic (exact) mass is 255 g/mol. The number of carboxylic acids is 1. The van der Waals surface area contributed by atoms with Crippen molar-refractivity contribution in [1.29, 1.82) is 0 Å². The van der Waals surface area contributed by atoms with Crippen molar-refractivity contribution in [2.75, 3.05) is 20.1 Å². The zero-order valence-electron chi connectivity index (χ0n) is 9.75. The van der Waals surface area contributed by atoms with Gasteiger partial charge in [-0.1, -0.05) is 0 Å². The highest BCUT2D eigenvalue weighted by molar-refractivity contribution is 6.05. The number of amides is 3. The van der Waals surface area contributed by atoms with Crippen LogP contribution in [0, 0.1) is 0 Å². The van der Waals surface area contributed by atoms with Gasteiger partial charge < -0.3 is 10.4 Å². The van der Waals surface area contributed by atoms with E-state index in [-0.39, 0.29) is 31.3 Å². The second-order valence-corrected chi connectivity index (χ2v) is 4.34. The highest BCUT2D eigenvalue weighted by atomic mass is 16.4. The minimum absolute atomic E-state index is 0.0597. The number of imide groups is 1. The maximum Gasteiger partial charge on any atom is 0.322 e. The van der Waals surface area contributed by atoms with Crippen molar-refractivity contribution in [3.05, 3.63) is 0 Å². The van der Waals surface area contributed by atoms with Gasteiger partial charge in [-0.15, -0.1) is 0 Å². The molecule has 8 heteroatoms. The first-order valence-corrected chi connectivity index (χ1v) is 5.47. The van der Waals surface area contributed by atoms with Crippen LogP contribution >= 0.6 is 0 Å². The molecule has 0 spiro atoms. The number of likely N-dealkylation sites (N-methyl/N-ethyl adjacent to an activating group) is 1. The minimum atomic E-state index is -1.12. The van der Waals surface area contributed by atoms with Gasteiger partial charge >= 0.3 is 5.97 Å². The lowest BCUT2D eigenvalue weighted by atomic mass is 10.1. The summed E-state index contributed by atoms with van der Waals surface area (Å²) in [6, 6.07) is -1.83. The predicted octanol–water partition coefficient (Wildman–Crippen LogP) is -2.37. The summed E-state index contributed by atoms with van der Waals surface area (Å²) in [4.78, 5) is 47.9. The first-order chi connectivity index (χ1) is 8.41. The maximum atomic E-state index is 11.8. The summed E-state index contributed by atoms with van der Waals surface area (Å²) >= 11 is 0. The Bertz CT molecular complexity index is 435. The van der Waals surface area contributed by atoms with E-state index in [1.165, 1.54) is 11.9 Å². The molecule has 0 aromatic carbocycles. The molecule has 0 aliphatic carbocycles. The molecule has 0 bridgehead atoms. The molecule has 2 rings (SSSR count). The van der Waals surface area contributed by atoms with Crippen LogP contribution in [0.2, 0.25) is 0 Å². The van der Waals surface area contributed by atoms with E-state index in [0.717, 1.165) is 4.90 Å². The van der Waals surface area contributed by atoms with Crippen molar-refractivity contribution >= 4 is 23.7 Å². The number of nitrogens with one attached hydrogen (secondary N) is 1. The highest BCUT2D eigenvalue weighted by Gasteiger charge is 2.46. The van der Waals surface area contributed by atoms with Crippen molar-refractivity contribution in [3.63, 3.8) is 0 Å². The van der Waals surface area contributed by atoms with Gasteiger partial charge in [0.05, 0.1) is 19.0 Å². The van der Waals surface area contributed by atoms with Gasteiger partial charge in [-0.05, 0) is 0 Å². The molecule has 18 heavy (non-hydrogen) atoms. The maximum absolute atomic E-state index is 11.8. The molecule has 2 aliphatic rings. The van der Waals surface area contributed by atoms with E-state index < -0.39 is 24.0 Å². The summed E-state index contributed by atoms with van der Waals surface area (Å²) in [6.07, 6.45) is -0.0770. The average molecular weight is 255 g/mol. The molecular weight excluding hydrogens is 242 g/mol. The van der Waals surface area contributed by atoms with E-state index in [0.29, 0.717) is 0 Å². The Morgan fingerprint density at radius 2 is 2.06 bits per heavy atom. The number of aliphatic carboxylic acids is 1. The summed E-state index contributed by atoms with van der Waals surface area (Å²) in [5, 5.41) is 11.5. The molecule has 2 aliphatic heterocycles. The molecule has 3 amide bonds. The molecular formula is C10H13N3O5. The van der Waals surface area contributed by atoms with Crippen molar-refractivity contribution < 1.29 is 24.3 Å². The van der Waals surface area contributed by atoms with Gasteiger partial charge in [-0.25, -0.2) is 0 Å². The molecule has 2 saturated heterocycles. The molecule has 2 fully saturated rings. The smallest absolute Gasteiger partial charge is 0.322 e. The Kier molecular flexibility index (Phi) is 3.04. The molecule has 2 unspecified atom stereocenters. The fourth-order valence-corrected chi connectivity index (χ4v) is 2.21. The van der Waals surface area contributed by atoms with Crippen LogP contribution in [0.15, 0.2) is 0 Å². The lowest BCUT2D eigenvalue weighted by Crippen LogP contribution is -2.61. The molecule has 2 heterocycles. The van der Waals surface area contributed by atoms with Crippen LogP contribution in [0.4, 0.5) is 0 Å². The van der Waals surface area contributed by atoms with Crippen LogP contribution in [0.25, 0.3) is 0 Å². The first kappa shape index (κ1) is 12.5. The van der Waals surface area contributed by atoms with Gasteiger partial charge in [0.15, 0.2) is 0 Å². The van der Waals surface area contributed by atoms with Gasteiger partial charge in [0.1, 0.15) is 6.04 Å². The SMILES string of the molecule is CN1C(=O)CC(N2CC(=O)NCC2C(=O)O)C1=O. The van der Waals surface area contributed by atoms with Crippen LogP contribution in [0.1, 0.15) is 6.42 Å². The fourth-order valence-electron chi connectivity index (χ4n) is 2.21.